The highest BCUT2D eigenvalue weighted by Gasteiger charge is 2.37. The van der Waals surface area contributed by atoms with Gasteiger partial charge in [-0.05, 0) is 29.3 Å². The first-order chi connectivity index (χ1) is 11.1. The number of rotatable bonds is 5. The Balaban J connectivity index is 1.75. The van der Waals surface area contributed by atoms with Crippen LogP contribution in [0.5, 0.6) is 5.75 Å². The Labute approximate surface area is 133 Å². The summed E-state index contributed by atoms with van der Waals surface area (Å²) in [6, 6.07) is 12.2. The molecule has 1 heterocycles. The normalized spacial score (nSPS) is 13.2. The Morgan fingerprint density at radius 2 is 1.74 bits per heavy atom. The van der Waals surface area contributed by atoms with Gasteiger partial charge < -0.3 is 4.74 Å². The molecular weight excluding hydrogens is 294 g/mol. The fourth-order valence-corrected chi connectivity index (χ4v) is 2.33. The van der Waals surface area contributed by atoms with Crippen LogP contribution >= 0.6 is 0 Å². The van der Waals surface area contributed by atoms with Gasteiger partial charge in [0.25, 0.3) is 11.8 Å². The van der Waals surface area contributed by atoms with E-state index in [1.807, 2.05) is 24.3 Å². The molecule has 0 aromatic heterocycles. The lowest BCUT2D eigenvalue weighted by atomic mass is 10.1. The van der Waals surface area contributed by atoms with Gasteiger partial charge in [-0.25, -0.2) is 0 Å². The van der Waals surface area contributed by atoms with Gasteiger partial charge >= 0.3 is 0 Å². The Morgan fingerprint density at radius 3 is 2.39 bits per heavy atom. The van der Waals surface area contributed by atoms with Gasteiger partial charge in [-0.1, -0.05) is 36.9 Å². The van der Waals surface area contributed by atoms with E-state index in [-0.39, 0.29) is 12.2 Å². The topological polar surface area (TPSA) is 55.8 Å². The third-order valence-electron chi connectivity index (χ3n) is 3.63. The van der Waals surface area contributed by atoms with Gasteiger partial charge in [-0.3, -0.25) is 14.4 Å². The van der Waals surface area contributed by atoms with E-state index in [2.05, 4.69) is 6.58 Å². The largest absolute Gasteiger partial charge is 0.497 e. The van der Waals surface area contributed by atoms with Gasteiger partial charge in [0.15, 0.2) is 0 Å². The molecule has 0 atom stereocenters. The molecule has 1 aliphatic rings. The maximum Gasteiger partial charge on any atom is 0.286 e. The molecule has 0 fully saturated rings. The molecule has 0 bridgehead atoms. The van der Waals surface area contributed by atoms with Crippen LogP contribution in [0, 0.1) is 0 Å². The molecule has 5 nitrogen and oxygen atoms in total. The van der Waals surface area contributed by atoms with Crippen LogP contribution in [0.1, 0.15) is 31.8 Å². The van der Waals surface area contributed by atoms with Crippen molar-refractivity contribution in [2.45, 2.75) is 6.61 Å². The van der Waals surface area contributed by atoms with Gasteiger partial charge in [-0.15, -0.1) is 5.06 Å². The number of carbonyl (C=O) groups excluding carboxylic acids is 2. The molecular formula is C18H15NO4. The molecule has 3 rings (SSSR count). The average Bonchev–Trinajstić information content (AvgIpc) is 2.84. The molecule has 116 valence electrons. The molecule has 0 unspecified atom stereocenters. The molecule has 0 aliphatic carbocycles. The molecule has 5 heteroatoms. The van der Waals surface area contributed by atoms with E-state index in [0.717, 1.165) is 16.2 Å². The summed E-state index contributed by atoms with van der Waals surface area (Å²) in [5.41, 5.74) is 2.44. The van der Waals surface area contributed by atoms with Crippen molar-refractivity contribution < 1.29 is 19.2 Å². The maximum atomic E-state index is 12.3. The van der Waals surface area contributed by atoms with Crippen LogP contribution in [0.4, 0.5) is 0 Å². The van der Waals surface area contributed by atoms with E-state index in [9.17, 15) is 9.59 Å². The molecule has 2 amide bonds. The molecule has 2 aromatic carbocycles. The van der Waals surface area contributed by atoms with Crippen molar-refractivity contribution >= 4 is 17.9 Å². The van der Waals surface area contributed by atoms with E-state index >= 15 is 0 Å². The Bertz CT molecular complexity index is 780. The van der Waals surface area contributed by atoms with Crippen molar-refractivity contribution in [1.29, 1.82) is 0 Å². The second kappa shape index (κ2) is 6.06. The molecule has 1 aliphatic heterocycles. The van der Waals surface area contributed by atoms with Crippen molar-refractivity contribution in [3.8, 4) is 5.75 Å². The SMILES string of the molecule is C=Cc1ccc(CON2C(=O)c3ccc(OC)cc3C2=O)cc1. The number of ether oxygens (including phenoxy) is 1. The third-order valence-corrected chi connectivity index (χ3v) is 3.63. The second-order valence-corrected chi connectivity index (χ2v) is 5.04. The summed E-state index contributed by atoms with van der Waals surface area (Å²) in [6.45, 7) is 3.81. The quantitative estimate of drug-likeness (QED) is 0.797. The molecule has 2 aromatic rings. The molecule has 0 radical (unpaired) electrons. The van der Waals surface area contributed by atoms with Crippen molar-refractivity contribution in [3.05, 3.63) is 71.3 Å². The zero-order valence-electron chi connectivity index (χ0n) is 12.6. The summed E-state index contributed by atoms with van der Waals surface area (Å²) in [5, 5.41) is 0.797. The van der Waals surface area contributed by atoms with E-state index < -0.39 is 11.8 Å². The van der Waals surface area contributed by atoms with Crippen LogP contribution in [0.15, 0.2) is 49.0 Å². The van der Waals surface area contributed by atoms with E-state index in [1.54, 1.807) is 18.2 Å². The van der Waals surface area contributed by atoms with Crippen LogP contribution in [0.3, 0.4) is 0 Å². The van der Waals surface area contributed by atoms with Crippen LogP contribution in [-0.2, 0) is 11.4 Å². The van der Waals surface area contributed by atoms with Crippen molar-refractivity contribution in [3.63, 3.8) is 0 Å². The fraction of sp³-hybridized carbons (Fsp3) is 0.111. The van der Waals surface area contributed by atoms with Crippen molar-refractivity contribution in [1.82, 2.24) is 5.06 Å². The molecule has 0 saturated carbocycles. The third kappa shape index (κ3) is 2.74. The first-order valence-corrected chi connectivity index (χ1v) is 7.05. The summed E-state index contributed by atoms with van der Waals surface area (Å²) in [6.07, 6.45) is 1.74. The number of nitrogens with zero attached hydrogens (tertiary/aromatic N) is 1. The van der Waals surface area contributed by atoms with Gasteiger partial charge in [0.05, 0.1) is 18.2 Å². The molecule has 0 saturated heterocycles. The number of hydrogen-bond donors (Lipinski definition) is 0. The predicted octanol–water partition coefficient (Wildman–Crippen LogP) is 3.07. The molecule has 0 spiro atoms. The first-order valence-electron chi connectivity index (χ1n) is 7.05. The lowest BCUT2D eigenvalue weighted by Crippen LogP contribution is -2.29. The first kappa shape index (κ1) is 15.0. The maximum absolute atomic E-state index is 12.3. The number of carbonyl (C=O) groups is 2. The summed E-state index contributed by atoms with van der Waals surface area (Å²) in [5.74, 6) is -0.422. The van der Waals surface area contributed by atoms with Crippen LogP contribution < -0.4 is 4.74 Å². The Morgan fingerprint density at radius 1 is 1.04 bits per heavy atom. The van der Waals surface area contributed by atoms with Crippen LogP contribution in [0.25, 0.3) is 6.08 Å². The highest BCUT2D eigenvalue weighted by molar-refractivity contribution is 6.20. The Kier molecular flexibility index (Phi) is 3.95. The number of imide groups is 1. The zero-order valence-corrected chi connectivity index (χ0v) is 12.6. The predicted molar refractivity (Wildman–Crippen MR) is 84.8 cm³/mol. The number of fused-ring (bicyclic) bond motifs is 1. The highest BCUT2D eigenvalue weighted by Crippen LogP contribution is 2.27. The molecule has 0 N–H and O–H groups in total. The van der Waals surface area contributed by atoms with Gasteiger partial charge in [0.2, 0.25) is 0 Å². The standard InChI is InChI=1S/C18H15NO4/c1-3-12-4-6-13(7-5-12)11-23-19-17(20)15-9-8-14(22-2)10-16(15)18(19)21/h3-10H,1,11H2,2H3. The van der Waals surface area contributed by atoms with Gasteiger partial charge in [0.1, 0.15) is 12.4 Å². The summed E-state index contributed by atoms with van der Waals surface area (Å²) in [4.78, 5) is 30.0. The van der Waals surface area contributed by atoms with Crippen molar-refractivity contribution in [2.75, 3.05) is 7.11 Å². The number of hydrogen-bond acceptors (Lipinski definition) is 4. The smallest absolute Gasteiger partial charge is 0.286 e. The van der Waals surface area contributed by atoms with Gasteiger partial charge in [-0.2, -0.15) is 0 Å². The summed E-state index contributed by atoms with van der Waals surface area (Å²) >= 11 is 0. The number of amides is 2. The summed E-state index contributed by atoms with van der Waals surface area (Å²) in [7, 11) is 1.50. The van der Waals surface area contributed by atoms with Crippen LogP contribution in [0.2, 0.25) is 0 Å². The van der Waals surface area contributed by atoms with Crippen LogP contribution in [-0.4, -0.2) is 24.0 Å². The molecule has 23 heavy (non-hydrogen) atoms. The minimum absolute atomic E-state index is 0.125. The number of hydroxylamine groups is 2. The zero-order chi connectivity index (χ0) is 16.4. The summed E-state index contributed by atoms with van der Waals surface area (Å²) < 4.78 is 5.08. The monoisotopic (exact) mass is 309 g/mol. The van der Waals surface area contributed by atoms with Crippen molar-refractivity contribution in [2.24, 2.45) is 0 Å². The highest BCUT2D eigenvalue weighted by atomic mass is 16.7. The number of benzene rings is 2. The fourth-order valence-electron chi connectivity index (χ4n) is 2.33. The number of methoxy groups -OCH3 is 1. The second-order valence-electron chi connectivity index (χ2n) is 5.04. The van der Waals surface area contributed by atoms with E-state index in [4.69, 9.17) is 9.57 Å². The minimum atomic E-state index is -0.480. The van der Waals surface area contributed by atoms with Gasteiger partial charge in [0, 0.05) is 0 Å². The van der Waals surface area contributed by atoms with E-state index in [1.165, 1.54) is 13.2 Å². The lowest BCUT2D eigenvalue weighted by molar-refractivity contribution is -0.101. The average molecular weight is 309 g/mol. The minimum Gasteiger partial charge on any atom is -0.497 e. The Hall–Kier alpha value is -2.92. The van der Waals surface area contributed by atoms with E-state index in [0.29, 0.717) is 11.3 Å². The lowest BCUT2D eigenvalue weighted by Gasteiger charge is -2.13.